The highest BCUT2D eigenvalue weighted by atomic mass is 14.8. The van der Waals surface area contributed by atoms with E-state index in [0.29, 0.717) is 0 Å². The Morgan fingerprint density at radius 1 is 1.38 bits per heavy atom. The summed E-state index contributed by atoms with van der Waals surface area (Å²) in [5.74, 6) is 0. The van der Waals surface area contributed by atoms with E-state index in [-0.39, 0.29) is 0 Å². The number of hydrogen-bond acceptors (Lipinski definition) is 1. The fourth-order valence-corrected chi connectivity index (χ4v) is 0.936. The Balaban J connectivity index is 3.94. The predicted molar refractivity (Wildman–Crippen MR) is 60.5 cm³/mol. The predicted octanol–water partition coefficient (Wildman–Crippen LogP) is 3.19. The van der Waals surface area contributed by atoms with E-state index in [1.807, 2.05) is 20.0 Å². The van der Waals surface area contributed by atoms with Crippen LogP contribution < -0.4 is 5.32 Å². The van der Waals surface area contributed by atoms with Crippen LogP contribution in [0.25, 0.3) is 0 Å². The lowest BCUT2D eigenvalue weighted by molar-refractivity contribution is 0.843. The molecule has 0 saturated heterocycles. The molecule has 0 amide bonds. The topological polar surface area (TPSA) is 12.0 Å². The summed E-state index contributed by atoms with van der Waals surface area (Å²) in [6.45, 7) is 9.56. The van der Waals surface area contributed by atoms with Crippen molar-refractivity contribution in [1.82, 2.24) is 5.32 Å². The zero-order valence-electron chi connectivity index (χ0n) is 8.64. The first-order chi connectivity index (χ1) is 6.24. The van der Waals surface area contributed by atoms with E-state index in [4.69, 9.17) is 0 Å². The van der Waals surface area contributed by atoms with Gasteiger partial charge in [0, 0.05) is 12.7 Å². The summed E-state index contributed by atoms with van der Waals surface area (Å²) in [4.78, 5) is 0. The van der Waals surface area contributed by atoms with Gasteiger partial charge in [-0.25, -0.2) is 0 Å². The molecule has 13 heavy (non-hydrogen) atoms. The fraction of sp³-hybridized carbons (Fsp3) is 0.333. The molecule has 72 valence electrons. The lowest BCUT2D eigenvalue weighted by atomic mass is 10.1. The molecule has 1 N–H and O–H groups in total. The van der Waals surface area contributed by atoms with Crippen molar-refractivity contribution < 1.29 is 0 Å². The lowest BCUT2D eigenvalue weighted by Crippen LogP contribution is -2.03. The van der Waals surface area contributed by atoms with E-state index in [9.17, 15) is 0 Å². The number of rotatable bonds is 6. The molecule has 0 aliphatic heterocycles. The van der Waals surface area contributed by atoms with Crippen molar-refractivity contribution in [2.75, 3.05) is 7.05 Å². The third-order valence-corrected chi connectivity index (χ3v) is 1.89. The van der Waals surface area contributed by atoms with Gasteiger partial charge in [0.1, 0.15) is 0 Å². The van der Waals surface area contributed by atoms with Crippen LogP contribution in [0.1, 0.15) is 19.8 Å². The standard InChI is InChI=1S/C12H19N/c1-5-7-8-12(6-2)10-9-11(3)13-4/h5-8,13H,1,3,9-10H2,2,4H3/b8-7-,12-6+. The normalized spacial score (nSPS) is 11.7. The smallest absolute Gasteiger partial charge is 0.00343 e. The van der Waals surface area contributed by atoms with Crippen LogP contribution >= 0.6 is 0 Å². The van der Waals surface area contributed by atoms with Gasteiger partial charge in [0.15, 0.2) is 0 Å². The molecule has 0 spiro atoms. The average Bonchev–Trinajstić information content (AvgIpc) is 2.17. The molecular weight excluding hydrogens is 158 g/mol. The molecule has 0 aliphatic rings. The molecule has 0 fully saturated rings. The molecule has 0 heterocycles. The molecule has 1 heteroatoms. The molecule has 0 aromatic carbocycles. The third-order valence-electron chi connectivity index (χ3n) is 1.89. The molecule has 0 radical (unpaired) electrons. The van der Waals surface area contributed by atoms with E-state index in [1.165, 1.54) is 5.57 Å². The van der Waals surface area contributed by atoms with Crippen molar-refractivity contribution in [3.05, 3.63) is 48.7 Å². The van der Waals surface area contributed by atoms with Crippen LogP contribution in [0.3, 0.4) is 0 Å². The van der Waals surface area contributed by atoms with Crippen LogP contribution in [0.5, 0.6) is 0 Å². The molecule has 0 saturated carbocycles. The number of allylic oxidation sites excluding steroid dienone is 6. The number of hydrogen-bond donors (Lipinski definition) is 1. The number of nitrogens with one attached hydrogen (secondary N) is 1. The van der Waals surface area contributed by atoms with Gasteiger partial charge >= 0.3 is 0 Å². The van der Waals surface area contributed by atoms with Gasteiger partial charge in [-0.2, -0.15) is 0 Å². The Hall–Kier alpha value is -1.24. The van der Waals surface area contributed by atoms with E-state index < -0.39 is 0 Å². The van der Waals surface area contributed by atoms with Crippen molar-refractivity contribution in [3.8, 4) is 0 Å². The van der Waals surface area contributed by atoms with Crippen LogP contribution in [0.4, 0.5) is 0 Å². The maximum Gasteiger partial charge on any atom is 0.00343 e. The van der Waals surface area contributed by atoms with E-state index >= 15 is 0 Å². The lowest BCUT2D eigenvalue weighted by Gasteiger charge is -2.04. The molecular formula is C12H19N. The van der Waals surface area contributed by atoms with Gasteiger partial charge in [0.2, 0.25) is 0 Å². The molecule has 0 bridgehead atoms. The Bertz CT molecular complexity index is 221. The van der Waals surface area contributed by atoms with Crippen molar-refractivity contribution in [1.29, 1.82) is 0 Å². The van der Waals surface area contributed by atoms with E-state index in [2.05, 4.69) is 30.6 Å². The van der Waals surface area contributed by atoms with Crippen molar-refractivity contribution in [2.45, 2.75) is 19.8 Å². The average molecular weight is 177 g/mol. The van der Waals surface area contributed by atoms with Crippen LogP contribution in [0.15, 0.2) is 48.7 Å². The second-order valence-corrected chi connectivity index (χ2v) is 2.81. The molecule has 0 aliphatic carbocycles. The van der Waals surface area contributed by atoms with Crippen LogP contribution in [-0.4, -0.2) is 7.05 Å². The summed E-state index contributed by atoms with van der Waals surface area (Å²) in [6.07, 6.45) is 9.95. The minimum Gasteiger partial charge on any atom is -0.392 e. The monoisotopic (exact) mass is 177 g/mol. The second kappa shape index (κ2) is 7.41. The Kier molecular flexibility index (Phi) is 6.70. The molecule has 0 rings (SSSR count). The maximum absolute atomic E-state index is 3.88. The van der Waals surface area contributed by atoms with Gasteiger partial charge < -0.3 is 5.32 Å². The van der Waals surface area contributed by atoms with Crippen molar-refractivity contribution in [3.63, 3.8) is 0 Å². The molecule has 0 unspecified atom stereocenters. The van der Waals surface area contributed by atoms with Crippen LogP contribution in [0.2, 0.25) is 0 Å². The Labute approximate surface area is 81.5 Å². The highest BCUT2D eigenvalue weighted by Crippen LogP contribution is 2.09. The second-order valence-electron chi connectivity index (χ2n) is 2.81. The highest BCUT2D eigenvalue weighted by Gasteiger charge is 1.93. The summed E-state index contributed by atoms with van der Waals surface area (Å²) in [7, 11) is 1.90. The molecule has 1 nitrogen and oxygen atoms in total. The van der Waals surface area contributed by atoms with Crippen molar-refractivity contribution in [2.24, 2.45) is 0 Å². The molecule has 0 aromatic rings. The largest absolute Gasteiger partial charge is 0.392 e. The van der Waals surface area contributed by atoms with Gasteiger partial charge in [-0.1, -0.05) is 43.0 Å². The van der Waals surface area contributed by atoms with Crippen LogP contribution in [0, 0.1) is 0 Å². The summed E-state index contributed by atoms with van der Waals surface area (Å²) < 4.78 is 0. The minimum atomic E-state index is 0.984. The first-order valence-corrected chi connectivity index (χ1v) is 4.54. The van der Waals surface area contributed by atoms with Gasteiger partial charge in [0.05, 0.1) is 0 Å². The summed E-state index contributed by atoms with van der Waals surface area (Å²) in [5, 5.41) is 3.03. The Morgan fingerprint density at radius 2 is 2.08 bits per heavy atom. The zero-order valence-corrected chi connectivity index (χ0v) is 8.64. The molecule has 0 atom stereocenters. The first-order valence-electron chi connectivity index (χ1n) is 4.54. The van der Waals surface area contributed by atoms with Gasteiger partial charge in [-0.3, -0.25) is 0 Å². The minimum absolute atomic E-state index is 0.984. The zero-order chi connectivity index (χ0) is 10.1. The van der Waals surface area contributed by atoms with Gasteiger partial charge in [-0.15, -0.1) is 0 Å². The summed E-state index contributed by atoms with van der Waals surface area (Å²) in [5.41, 5.74) is 2.39. The highest BCUT2D eigenvalue weighted by molar-refractivity contribution is 5.21. The van der Waals surface area contributed by atoms with Crippen molar-refractivity contribution >= 4 is 0 Å². The molecule has 0 aromatic heterocycles. The third kappa shape index (κ3) is 5.97. The van der Waals surface area contributed by atoms with Gasteiger partial charge in [0.25, 0.3) is 0 Å². The Morgan fingerprint density at radius 3 is 2.54 bits per heavy atom. The maximum atomic E-state index is 3.88. The summed E-state index contributed by atoms with van der Waals surface area (Å²) >= 11 is 0. The van der Waals surface area contributed by atoms with E-state index in [0.717, 1.165) is 18.5 Å². The SMILES string of the molecule is C=C/C=C\C(=C/C)CCC(=C)NC. The first kappa shape index (κ1) is 11.8. The van der Waals surface area contributed by atoms with Crippen LogP contribution in [-0.2, 0) is 0 Å². The summed E-state index contributed by atoms with van der Waals surface area (Å²) in [6, 6.07) is 0. The van der Waals surface area contributed by atoms with Gasteiger partial charge in [-0.05, 0) is 19.8 Å². The quantitative estimate of drug-likeness (QED) is 0.614. The van der Waals surface area contributed by atoms with E-state index in [1.54, 1.807) is 6.08 Å². The fourth-order valence-electron chi connectivity index (χ4n) is 0.936.